The number of nitrogen functional groups attached to an aromatic ring is 1. The number of benzene rings is 1. The fourth-order valence-electron chi connectivity index (χ4n) is 0.858. The molecular formula is C6H9N4OP3. The number of aromatic amines is 1. The average Bonchev–Trinajstić information content (AvgIpc) is 2.23. The predicted molar refractivity (Wildman–Crippen MR) is 61.5 cm³/mol. The van der Waals surface area contributed by atoms with Crippen molar-refractivity contribution in [2.24, 2.45) is 0 Å². The summed E-state index contributed by atoms with van der Waals surface area (Å²) < 4.78 is 14.5. The molecule has 2 rings (SSSR count). The van der Waals surface area contributed by atoms with Gasteiger partial charge in [-0.05, 0) is 12.1 Å². The Hall–Kier alpha value is -0.720. The second kappa shape index (κ2) is 4.68. The first-order valence-electron chi connectivity index (χ1n) is 3.85. The molecule has 0 saturated carbocycles. The third-order valence-corrected chi connectivity index (χ3v) is 5.01. The second-order valence-corrected chi connectivity index (χ2v) is 6.43. The molecule has 0 bridgehead atoms. The molecular weight excluding hydrogens is 237 g/mol. The lowest BCUT2D eigenvalue weighted by molar-refractivity contribution is 0.618. The molecule has 74 valence electrons. The molecule has 2 unspecified atom stereocenters. The number of nitrogens with zero attached hydrogens (tertiary/aromatic N) is 2. The largest absolute Gasteiger partial charge is 0.415 e. The SMILES string of the molecule is Nn1[pH][nH]pnp1Oc1ccccc1. The molecule has 0 fully saturated rings. The maximum atomic E-state index is 5.72. The lowest BCUT2D eigenvalue weighted by Crippen LogP contribution is -2.04. The van der Waals surface area contributed by atoms with Crippen molar-refractivity contribution >= 4 is 25.1 Å². The van der Waals surface area contributed by atoms with Crippen LogP contribution >= 0.6 is 25.1 Å². The number of H-pyrrole nitrogens is 1. The van der Waals surface area contributed by atoms with Crippen LogP contribution in [-0.4, -0.2) is 13.2 Å². The molecule has 0 radical (unpaired) electrons. The topological polar surface area (TPSA) is 68.9 Å². The molecule has 0 aliphatic carbocycles. The van der Waals surface area contributed by atoms with E-state index >= 15 is 0 Å². The van der Waals surface area contributed by atoms with Gasteiger partial charge in [0, 0.05) is 8.51 Å². The minimum Gasteiger partial charge on any atom is -0.415 e. The Morgan fingerprint density at radius 3 is 3.00 bits per heavy atom. The van der Waals surface area contributed by atoms with E-state index in [-0.39, 0.29) is 0 Å². The summed E-state index contributed by atoms with van der Waals surface area (Å²) in [7, 11) is 0.173. The van der Waals surface area contributed by atoms with Gasteiger partial charge in [-0.15, -0.1) is 4.51 Å². The Morgan fingerprint density at radius 1 is 1.50 bits per heavy atom. The molecule has 1 aromatic heterocycles. The number of hydrogen-bond donors (Lipinski definition) is 2. The molecule has 0 saturated heterocycles. The van der Waals surface area contributed by atoms with Gasteiger partial charge in [0.05, 0.1) is 0 Å². The van der Waals surface area contributed by atoms with Crippen LogP contribution in [0.15, 0.2) is 30.3 Å². The highest BCUT2D eigenvalue weighted by Gasteiger charge is 1.99. The van der Waals surface area contributed by atoms with E-state index in [1.54, 1.807) is 4.20 Å². The van der Waals surface area contributed by atoms with Crippen LogP contribution in [0.1, 0.15) is 0 Å². The van der Waals surface area contributed by atoms with Crippen LogP contribution in [0.2, 0.25) is 0 Å². The molecule has 8 heteroatoms. The second-order valence-electron chi connectivity index (χ2n) is 2.41. The van der Waals surface area contributed by atoms with Gasteiger partial charge in [0.1, 0.15) is 14.3 Å². The van der Waals surface area contributed by atoms with E-state index in [1.165, 1.54) is 0 Å². The molecule has 3 N–H and O–H groups in total. The van der Waals surface area contributed by atoms with E-state index in [1.807, 2.05) is 30.3 Å². The zero-order chi connectivity index (χ0) is 9.80. The molecule has 0 aliphatic heterocycles. The molecule has 2 atom stereocenters. The number of rotatable bonds is 2. The number of nitrogens with two attached hydrogens (primary N) is 1. The minimum absolute atomic E-state index is 0.366. The molecule has 5 nitrogen and oxygen atoms in total. The Bertz CT molecular complexity index is 426. The lowest BCUT2D eigenvalue weighted by Gasteiger charge is -2.07. The summed E-state index contributed by atoms with van der Waals surface area (Å²) in [6.07, 6.45) is 0. The Kier molecular flexibility index (Phi) is 3.28. The maximum Gasteiger partial charge on any atom is 0.281 e. The first-order valence-corrected chi connectivity index (χ1v) is 6.81. The van der Waals surface area contributed by atoms with E-state index in [4.69, 9.17) is 10.4 Å². The normalized spacial score (nSPS) is 12.2. The van der Waals surface area contributed by atoms with Gasteiger partial charge in [0.15, 0.2) is 0 Å². The minimum atomic E-state index is -1.04. The van der Waals surface area contributed by atoms with E-state index in [9.17, 15) is 0 Å². The zero-order valence-corrected chi connectivity index (χ0v) is 9.95. The lowest BCUT2D eigenvalue weighted by atomic mass is 10.3. The molecule has 1 aromatic carbocycles. The third-order valence-electron chi connectivity index (χ3n) is 1.45. The van der Waals surface area contributed by atoms with Crippen LogP contribution in [0.3, 0.4) is 0 Å². The van der Waals surface area contributed by atoms with Crippen molar-refractivity contribution in [1.29, 1.82) is 0 Å². The molecule has 0 amide bonds. The van der Waals surface area contributed by atoms with E-state index in [2.05, 4.69) is 9.02 Å². The molecule has 2 aromatic rings. The van der Waals surface area contributed by atoms with Crippen LogP contribution in [0.5, 0.6) is 5.75 Å². The zero-order valence-electron chi connectivity index (χ0n) is 7.16. The van der Waals surface area contributed by atoms with Crippen molar-refractivity contribution in [2.75, 3.05) is 5.84 Å². The predicted octanol–water partition coefficient (Wildman–Crippen LogP) is 2.49. The van der Waals surface area contributed by atoms with Gasteiger partial charge in [-0.3, -0.25) is 0 Å². The summed E-state index contributed by atoms with van der Waals surface area (Å²) in [6, 6.07) is 9.59. The number of nitrogens with one attached hydrogen (secondary N) is 1. The van der Waals surface area contributed by atoms with Gasteiger partial charge in [-0.2, -0.15) is 4.20 Å². The highest BCUT2D eigenvalue weighted by molar-refractivity contribution is 7.51. The van der Waals surface area contributed by atoms with Crippen molar-refractivity contribution in [1.82, 2.24) is 13.2 Å². The molecule has 14 heavy (non-hydrogen) atoms. The van der Waals surface area contributed by atoms with E-state index in [0.29, 0.717) is 8.51 Å². The summed E-state index contributed by atoms with van der Waals surface area (Å²) in [5.41, 5.74) is 0. The van der Waals surface area contributed by atoms with E-state index < -0.39 is 8.08 Å². The highest BCUT2D eigenvalue weighted by atomic mass is 31.2. The Balaban J connectivity index is 2.24. The summed E-state index contributed by atoms with van der Waals surface area (Å²) in [5.74, 6) is 6.52. The van der Waals surface area contributed by atoms with Crippen molar-refractivity contribution in [3.05, 3.63) is 30.3 Å². The first kappa shape index (κ1) is 9.82. The standard InChI is InChI=1S/C6H9N4OP3/c7-10-13-8-12-9-14(10)11-6-4-2-1-3-5-6/h1-5,13H,7H2,(H,8,9). The molecule has 0 spiro atoms. The van der Waals surface area contributed by atoms with Crippen LogP contribution in [0.4, 0.5) is 0 Å². The Morgan fingerprint density at radius 2 is 2.29 bits per heavy atom. The van der Waals surface area contributed by atoms with Gasteiger partial charge in [-0.25, -0.2) is 5.84 Å². The van der Waals surface area contributed by atoms with Gasteiger partial charge in [0.25, 0.3) is 8.08 Å². The van der Waals surface area contributed by atoms with Crippen LogP contribution in [0, 0.1) is 0 Å². The third kappa shape index (κ3) is 2.40. The highest BCUT2D eigenvalue weighted by Crippen LogP contribution is 2.28. The number of hydrogen-bond acceptors (Lipinski definition) is 3. The summed E-state index contributed by atoms with van der Waals surface area (Å²) in [6.45, 7) is 0. The van der Waals surface area contributed by atoms with Gasteiger partial charge < -0.3 is 9.03 Å². The molecule has 1 heterocycles. The van der Waals surface area contributed by atoms with Crippen LogP contribution in [-0.2, 0) is 0 Å². The van der Waals surface area contributed by atoms with E-state index in [0.717, 1.165) is 14.3 Å². The van der Waals surface area contributed by atoms with Crippen LogP contribution < -0.4 is 10.4 Å². The van der Waals surface area contributed by atoms with Crippen molar-refractivity contribution in [3.63, 3.8) is 0 Å². The quantitative estimate of drug-likeness (QED) is 0.799. The van der Waals surface area contributed by atoms with Crippen molar-refractivity contribution < 1.29 is 4.52 Å². The smallest absolute Gasteiger partial charge is 0.281 e. The van der Waals surface area contributed by atoms with Gasteiger partial charge in [0.2, 0.25) is 0 Å². The summed E-state index contributed by atoms with van der Waals surface area (Å²) in [4.78, 5) is 0. The fourth-order valence-corrected chi connectivity index (χ4v) is 4.45. The van der Waals surface area contributed by atoms with Crippen molar-refractivity contribution in [2.45, 2.75) is 0 Å². The fraction of sp³-hybridized carbons (Fsp3) is 0. The Labute approximate surface area is 85.3 Å². The average molecular weight is 246 g/mol. The molecule has 0 aliphatic rings. The monoisotopic (exact) mass is 246 g/mol. The van der Waals surface area contributed by atoms with Gasteiger partial charge >= 0.3 is 0 Å². The summed E-state index contributed by atoms with van der Waals surface area (Å²) >= 11 is 0. The number of aromatic nitrogens is 3. The van der Waals surface area contributed by atoms with Crippen LogP contribution in [0.25, 0.3) is 0 Å². The number of para-hydroxylation sites is 1. The first-order chi connectivity index (χ1) is 6.86. The van der Waals surface area contributed by atoms with Crippen molar-refractivity contribution in [3.8, 4) is 5.75 Å². The van der Waals surface area contributed by atoms with Gasteiger partial charge in [-0.1, -0.05) is 18.2 Å². The maximum absolute atomic E-state index is 5.72. The summed E-state index contributed by atoms with van der Waals surface area (Å²) in [5, 5.41) is 0.